The molecule has 2 N–H and O–H groups in total. The van der Waals surface area contributed by atoms with Gasteiger partial charge in [0.1, 0.15) is 0 Å². The van der Waals surface area contributed by atoms with E-state index in [1.54, 1.807) is 12.1 Å². The van der Waals surface area contributed by atoms with E-state index in [9.17, 15) is 19.8 Å². The van der Waals surface area contributed by atoms with Gasteiger partial charge in [-0.25, -0.2) is 9.59 Å². The van der Waals surface area contributed by atoms with Crippen molar-refractivity contribution in [1.82, 2.24) is 0 Å². The molecule has 1 heterocycles. The highest BCUT2D eigenvalue weighted by Gasteiger charge is 2.16. The summed E-state index contributed by atoms with van der Waals surface area (Å²) in [4.78, 5) is 22.4. The molecule has 0 radical (unpaired) electrons. The van der Waals surface area contributed by atoms with Crippen molar-refractivity contribution in [2.24, 2.45) is 0 Å². The highest BCUT2D eigenvalue weighted by atomic mass is 32.1. The van der Waals surface area contributed by atoms with E-state index in [1.165, 1.54) is 23.5 Å². The molecule has 0 fully saturated rings. The van der Waals surface area contributed by atoms with Crippen LogP contribution in [0, 0.1) is 0 Å². The van der Waals surface area contributed by atoms with Crippen LogP contribution >= 0.6 is 11.3 Å². The molecule has 19 heavy (non-hydrogen) atoms. The summed E-state index contributed by atoms with van der Waals surface area (Å²) in [6, 6.07) is 10.0. The molecule has 94 valence electrons. The van der Waals surface area contributed by atoms with Gasteiger partial charge < -0.3 is 10.2 Å². The normalized spacial score (nSPS) is 10.9. The van der Waals surface area contributed by atoms with E-state index in [0.717, 1.165) is 10.8 Å². The van der Waals surface area contributed by atoms with Crippen molar-refractivity contribution in [2.75, 3.05) is 0 Å². The summed E-state index contributed by atoms with van der Waals surface area (Å²) in [5, 5.41) is 19.9. The lowest BCUT2D eigenvalue weighted by Gasteiger charge is -1.96. The van der Waals surface area contributed by atoms with Crippen LogP contribution < -0.4 is 0 Å². The molecule has 5 heteroatoms. The molecule has 0 saturated heterocycles. The molecule has 0 aliphatic heterocycles. The highest BCUT2D eigenvalue weighted by molar-refractivity contribution is 7.26. The van der Waals surface area contributed by atoms with E-state index in [2.05, 4.69) is 0 Å². The average molecular weight is 272 g/mol. The van der Waals surface area contributed by atoms with Crippen molar-refractivity contribution < 1.29 is 19.8 Å². The Bertz CT molecular complexity index is 764. The van der Waals surface area contributed by atoms with Crippen molar-refractivity contribution in [2.45, 2.75) is 0 Å². The average Bonchev–Trinajstić information content (AvgIpc) is 2.76. The van der Waals surface area contributed by atoms with Gasteiger partial charge in [0, 0.05) is 10.8 Å². The molecular formula is C14H8O4S. The van der Waals surface area contributed by atoms with Crippen LogP contribution in [-0.2, 0) is 0 Å². The van der Waals surface area contributed by atoms with Gasteiger partial charge >= 0.3 is 11.9 Å². The van der Waals surface area contributed by atoms with E-state index in [0.29, 0.717) is 9.40 Å². The lowest BCUT2D eigenvalue weighted by Crippen LogP contribution is -1.94. The highest BCUT2D eigenvalue weighted by Crippen LogP contribution is 2.37. The Morgan fingerprint density at radius 1 is 0.789 bits per heavy atom. The second kappa shape index (κ2) is 4.07. The molecule has 4 nitrogen and oxygen atoms in total. The predicted molar refractivity (Wildman–Crippen MR) is 73.2 cm³/mol. The van der Waals surface area contributed by atoms with E-state index in [-0.39, 0.29) is 11.1 Å². The van der Waals surface area contributed by atoms with Crippen molar-refractivity contribution in [3.63, 3.8) is 0 Å². The number of hydrogen-bond acceptors (Lipinski definition) is 3. The summed E-state index contributed by atoms with van der Waals surface area (Å²) in [6.45, 7) is 0. The molecule has 0 amide bonds. The van der Waals surface area contributed by atoms with Gasteiger partial charge in [0.05, 0.1) is 20.5 Å². The summed E-state index contributed by atoms with van der Waals surface area (Å²) in [5.41, 5.74) is 0.407. The van der Waals surface area contributed by atoms with Gasteiger partial charge in [-0.15, -0.1) is 11.3 Å². The van der Waals surface area contributed by atoms with Crippen molar-refractivity contribution in [3.05, 3.63) is 47.5 Å². The first-order chi connectivity index (χ1) is 9.09. The number of fused-ring (bicyclic) bond motifs is 3. The molecule has 2 aromatic carbocycles. The van der Waals surface area contributed by atoms with Crippen molar-refractivity contribution in [3.8, 4) is 0 Å². The molecule has 0 saturated carbocycles. The van der Waals surface area contributed by atoms with E-state index < -0.39 is 11.9 Å². The van der Waals surface area contributed by atoms with Crippen LogP contribution in [0.15, 0.2) is 36.4 Å². The lowest BCUT2D eigenvalue weighted by molar-refractivity contribution is 0.0688. The molecule has 0 spiro atoms. The van der Waals surface area contributed by atoms with Crippen LogP contribution in [0.1, 0.15) is 20.7 Å². The number of thiophene rings is 1. The van der Waals surface area contributed by atoms with Crippen LogP contribution in [0.25, 0.3) is 20.2 Å². The zero-order valence-corrected chi connectivity index (χ0v) is 10.4. The lowest BCUT2D eigenvalue weighted by atomic mass is 10.1. The third-order valence-electron chi connectivity index (χ3n) is 2.99. The Kier molecular flexibility index (Phi) is 2.50. The monoisotopic (exact) mass is 272 g/mol. The first kappa shape index (κ1) is 11.7. The third-order valence-corrected chi connectivity index (χ3v) is 4.27. The minimum Gasteiger partial charge on any atom is -0.478 e. The maximum Gasteiger partial charge on any atom is 0.337 e. The smallest absolute Gasteiger partial charge is 0.337 e. The summed E-state index contributed by atoms with van der Waals surface area (Å²) in [5.74, 6) is -2.01. The number of carboxylic acid groups (broad SMARTS) is 2. The number of carboxylic acids is 2. The molecular weight excluding hydrogens is 264 g/mol. The maximum absolute atomic E-state index is 11.2. The maximum atomic E-state index is 11.2. The Hall–Kier alpha value is -2.40. The molecule has 0 bridgehead atoms. The molecule has 0 aliphatic carbocycles. The molecule has 0 atom stereocenters. The summed E-state index contributed by atoms with van der Waals surface area (Å²) >= 11 is 1.21. The number of carbonyl (C=O) groups is 2. The second-order valence-corrected chi connectivity index (χ2v) is 5.10. The first-order valence-corrected chi connectivity index (χ1v) is 6.32. The van der Waals surface area contributed by atoms with Gasteiger partial charge in [-0.2, -0.15) is 0 Å². The van der Waals surface area contributed by atoms with Crippen LogP contribution in [0.2, 0.25) is 0 Å². The Labute approximate surface area is 111 Å². The largest absolute Gasteiger partial charge is 0.478 e. The number of benzene rings is 2. The van der Waals surface area contributed by atoms with Gasteiger partial charge in [0.15, 0.2) is 0 Å². The fourth-order valence-electron chi connectivity index (χ4n) is 2.16. The zero-order valence-electron chi connectivity index (χ0n) is 9.58. The number of aromatic carboxylic acids is 2. The minimum atomic E-state index is -1.01. The van der Waals surface area contributed by atoms with Gasteiger partial charge in [0.25, 0.3) is 0 Å². The van der Waals surface area contributed by atoms with Crippen LogP contribution in [0.5, 0.6) is 0 Å². The van der Waals surface area contributed by atoms with Gasteiger partial charge in [-0.1, -0.05) is 24.3 Å². The van der Waals surface area contributed by atoms with Crippen molar-refractivity contribution in [1.29, 1.82) is 0 Å². The Balaban J connectivity index is 2.51. The predicted octanol–water partition coefficient (Wildman–Crippen LogP) is 3.45. The minimum absolute atomic E-state index is 0.204. The van der Waals surface area contributed by atoms with Crippen LogP contribution in [0.4, 0.5) is 0 Å². The van der Waals surface area contributed by atoms with E-state index >= 15 is 0 Å². The topological polar surface area (TPSA) is 74.6 Å². The third kappa shape index (κ3) is 1.67. The first-order valence-electron chi connectivity index (χ1n) is 5.50. The molecule has 1 aromatic heterocycles. The summed E-state index contributed by atoms with van der Waals surface area (Å²) in [6.07, 6.45) is 0. The van der Waals surface area contributed by atoms with Crippen LogP contribution in [-0.4, -0.2) is 22.2 Å². The van der Waals surface area contributed by atoms with Gasteiger partial charge in [0.2, 0.25) is 0 Å². The van der Waals surface area contributed by atoms with Crippen LogP contribution in [0.3, 0.4) is 0 Å². The molecule has 3 rings (SSSR count). The number of hydrogen-bond donors (Lipinski definition) is 2. The fourth-order valence-corrected chi connectivity index (χ4v) is 3.47. The summed E-state index contributed by atoms with van der Waals surface area (Å²) < 4.78 is 1.22. The fraction of sp³-hybridized carbons (Fsp3) is 0. The molecule has 0 aliphatic rings. The van der Waals surface area contributed by atoms with Crippen molar-refractivity contribution >= 4 is 43.4 Å². The van der Waals surface area contributed by atoms with E-state index in [1.807, 2.05) is 12.1 Å². The Morgan fingerprint density at radius 2 is 1.21 bits per heavy atom. The second-order valence-electron chi connectivity index (χ2n) is 4.08. The quantitative estimate of drug-likeness (QED) is 0.749. The van der Waals surface area contributed by atoms with Gasteiger partial charge in [-0.05, 0) is 12.1 Å². The van der Waals surface area contributed by atoms with Gasteiger partial charge in [-0.3, -0.25) is 0 Å². The molecule has 0 unspecified atom stereocenters. The SMILES string of the molecule is O=C(O)c1cccc2c1sc1c(C(=O)O)cccc12. The standard InChI is InChI=1S/C14H8O4S/c15-13(16)9-5-1-3-7-8-4-2-6-10(14(17)18)12(8)19-11(7)9/h1-6H,(H,15,16)(H,17,18). The zero-order chi connectivity index (χ0) is 13.6. The number of rotatable bonds is 2. The van der Waals surface area contributed by atoms with E-state index in [4.69, 9.17) is 0 Å². The Morgan fingerprint density at radius 3 is 1.58 bits per heavy atom. The molecule has 3 aromatic rings. The summed E-state index contributed by atoms with van der Waals surface area (Å²) in [7, 11) is 0.